The van der Waals surface area contributed by atoms with Crippen molar-refractivity contribution in [3.05, 3.63) is 102 Å². The molecule has 0 bridgehead atoms. The Morgan fingerprint density at radius 3 is 1.80 bits per heavy atom. The Labute approximate surface area is 163 Å². The molecule has 0 unspecified atom stereocenters. The van der Waals surface area contributed by atoms with Gasteiger partial charge in [0, 0.05) is 13.1 Å². The normalized spacial score (nSPS) is 10.4. The minimum absolute atomic E-state index is 0. The molecule has 0 amide bonds. The average Bonchev–Trinajstić information content (AvgIpc) is 2.63. The Morgan fingerprint density at radius 2 is 1.32 bits per heavy atom. The van der Waals surface area contributed by atoms with Crippen LogP contribution in [0.15, 0.2) is 78.9 Å². The Kier molecular flexibility index (Phi) is 7.38. The number of hydrogen-bond donors (Lipinski definition) is 0. The smallest absolute Gasteiger partial charge is 0.385 e. The van der Waals surface area contributed by atoms with Gasteiger partial charge in [0.15, 0.2) is 0 Å². The first-order valence-electron chi connectivity index (χ1n) is 8.57. The van der Waals surface area contributed by atoms with Crippen molar-refractivity contribution in [2.45, 2.75) is 32.9 Å². The van der Waals surface area contributed by atoms with E-state index in [9.17, 15) is 0 Å². The van der Waals surface area contributed by atoms with Crippen LogP contribution in [0.3, 0.4) is 0 Å². The van der Waals surface area contributed by atoms with E-state index in [1.165, 1.54) is 16.7 Å². The van der Waals surface area contributed by atoms with Crippen LogP contribution in [0.5, 0.6) is 0 Å². The molecule has 0 saturated heterocycles. The van der Waals surface area contributed by atoms with Crippen LogP contribution >= 0.6 is 0 Å². The maximum absolute atomic E-state index is 3.43. The zero-order chi connectivity index (χ0) is 16.8. The van der Waals surface area contributed by atoms with Crippen molar-refractivity contribution >= 4 is 5.69 Å². The maximum Gasteiger partial charge on any atom is 1.00 e. The van der Waals surface area contributed by atoms with Crippen molar-refractivity contribution in [1.29, 1.82) is 0 Å². The summed E-state index contributed by atoms with van der Waals surface area (Å²) in [6, 6.07) is 31.2. The summed E-state index contributed by atoms with van der Waals surface area (Å²) >= 11 is 0. The van der Waals surface area contributed by atoms with E-state index in [1.807, 2.05) is 6.07 Å². The molecule has 0 N–H and O–H groups in total. The van der Waals surface area contributed by atoms with E-state index in [0.29, 0.717) is 5.92 Å². The van der Waals surface area contributed by atoms with Crippen LogP contribution in [0, 0.1) is 6.07 Å². The van der Waals surface area contributed by atoms with Gasteiger partial charge in [-0.1, -0.05) is 80.2 Å². The number of nitrogens with zero attached hydrogens (tertiary/aromatic N) is 1. The molecule has 0 heterocycles. The Hall–Kier alpha value is -1.94. The summed E-state index contributed by atoms with van der Waals surface area (Å²) in [5.41, 5.74) is 5.15. The van der Waals surface area contributed by atoms with Crippen LogP contribution < -0.4 is 23.8 Å². The SMILES string of the molecule is CC(C)c1cc[c-]c(N(Cc2ccccc2)Cc2ccccc2)c1.[Li+]. The van der Waals surface area contributed by atoms with E-state index in [2.05, 4.69) is 97.6 Å². The van der Waals surface area contributed by atoms with Gasteiger partial charge in [-0.05, 0) is 17.0 Å². The summed E-state index contributed by atoms with van der Waals surface area (Å²) in [5.74, 6) is 0.522. The Morgan fingerprint density at radius 1 is 0.800 bits per heavy atom. The summed E-state index contributed by atoms with van der Waals surface area (Å²) in [7, 11) is 0. The molecular weight excluding hydrogens is 297 g/mol. The zero-order valence-corrected chi connectivity index (χ0v) is 15.4. The summed E-state index contributed by atoms with van der Waals surface area (Å²) in [6.45, 7) is 6.23. The van der Waals surface area contributed by atoms with Gasteiger partial charge >= 0.3 is 18.9 Å². The van der Waals surface area contributed by atoms with Crippen LogP contribution in [0.1, 0.15) is 36.5 Å². The van der Waals surface area contributed by atoms with Crippen LogP contribution in [0.2, 0.25) is 0 Å². The summed E-state index contributed by atoms with van der Waals surface area (Å²) in [5, 5.41) is 0. The van der Waals surface area contributed by atoms with Crippen molar-refractivity contribution < 1.29 is 18.9 Å². The summed E-state index contributed by atoms with van der Waals surface area (Å²) in [4.78, 5) is 2.40. The first kappa shape index (κ1) is 19.4. The van der Waals surface area contributed by atoms with Gasteiger partial charge < -0.3 is 4.90 Å². The Balaban J connectivity index is 0.00000225. The van der Waals surface area contributed by atoms with E-state index >= 15 is 0 Å². The van der Waals surface area contributed by atoms with E-state index in [4.69, 9.17) is 0 Å². The topological polar surface area (TPSA) is 3.24 Å². The minimum Gasteiger partial charge on any atom is -0.385 e. The van der Waals surface area contributed by atoms with Crippen molar-refractivity contribution in [2.24, 2.45) is 0 Å². The summed E-state index contributed by atoms with van der Waals surface area (Å²) < 4.78 is 0. The van der Waals surface area contributed by atoms with Crippen molar-refractivity contribution in [3.63, 3.8) is 0 Å². The molecule has 0 radical (unpaired) electrons. The van der Waals surface area contributed by atoms with Crippen LogP contribution in [0.25, 0.3) is 0 Å². The fourth-order valence-electron chi connectivity index (χ4n) is 2.85. The second-order valence-electron chi connectivity index (χ2n) is 6.49. The van der Waals surface area contributed by atoms with Gasteiger partial charge in [0.05, 0.1) is 0 Å². The number of anilines is 1. The van der Waals surface area contributed by atoms with Crippen molar-refractivity contribution in [2.75, 3.05) is 4.90 Å². The van der Waals surface area contributed by atoms with Crippen LogP contribution in [0.4, 0.5) is 5.69 Å². The van der Waals surface area contributed by atoms with Gasteiger partial charge in [-0.3, -0.25) is 0 Å². The average molecular weight is 321 g/mol. The van der Waals surface area contributed by atoms with E-state index in [0.717, 1.165) is 18.8 Å². The third-order valence-corrected chi connectivity index (χ3v) is 4.25. The molecule has 0 aliphatic rings. The molecule has 3 aromatic rings. The largest absolute Gasteiger partial charge is 1.00 e. The number of hydrogen-bond acceptors (Lipinski definition) is 1. The summed E-state index contributed by atoms with van der Waals surface area (Å²) in [6.07, 6.45) is 0. The van der Waals surface area contributed by atoms with E-state index < -0.39 is 0 Å². The quantitative estimate of drug-likeness (QED) is 0.498. The third-order valence-electron chi connectivity index (χ3n) is 4.25. The van der Waals surface area contributed by atoms with Gasteiger partial charge in [0.25, 0.3) is 0 Å². The molecule has 3 rings (SSSR count). The van der Waals surface area contributed by atoms with Gasteiger partial charge in [-0.2, -0.15) is 23.8 Å². The van der Waals surface area contributed by atoms with E-state index in [1.54, 1.807) is 0 Å². The molecule has 0 aromatic heterocycles. The fraction of sp³-hybridized carbons (Fsp3) is 0.217. The van der Waals surface area contributed by atoms with Crippen LogP contribution in [-0.2, 0) is 13.1 Å². The van der Waals surface area contributed by atoms with E-state index in [-0.39, 0.29) is 18.9 Å². The third kappa shape index (κ3) is 5.53. The Bertz CT molecular complexity index is 712. The predicted molar refractivity (Wildman–Crippen MR) is 102 cm³/mol. The molecule has 0 spiro atoms. The number of rotatable bonds is 6. The second kappa shape index (κ2) is 9.52. The van der Waals surface area contributed by atoms with Gasteiger partial charge in [0.2, 0.25) is 0 Å². The van der Waals surface area contributed by atoms with Gasteiger partial charge in [-0.15, -0.1) is 6.07 Å². The molecule has 0 atom stereocenters. The zero-order valence-electron chi connectivity index (χ0n) is 15.4. The van der Waals surface area contributed by atoms with Gasteiger partial charge in [-0.25, -0.2) is 0 Å². The molecule has 0 aliphatic carbocycles. The molecule has 3 aromatic carbocycles. The van der Waals surface area contributed by atoms with Crippen LogP contribution in [-0.4, -0.2) is 0 Å². The molecule has 0 saturated carbocycles. The molecule has 25 heavy (non-hydrogen) atoms. The molecule has 2 heteroatoms. The molecule has 0 fully saturated rings. The van der Waals surface area contributed by atoms with Gasteiger partial charge in [0.1, 0.15) is 0 Å². The number of benzene rings is 3. The van der Waals surface area contributed by atoms with Crippen molar-refractivity contribution in [3.8, 4) is 0 Å². The van der Waals surface area contributed by atoms with Crippen molar-refractivity contribution in [1.82, 2.24) is 0 Å². The standard InChI is InChI=1S/C23H24N.Li/c1-19(2)22-14-9-15-23(16-22)24(17-20-10-5-3-6-11-20)18-21-12-7-4-8-13-21;/h3-14,16,19H,17-18H2,1-2H3;/q-1;+1. The minimum atomic E-state index is 0. The molecule has 0 aliphatic heterocycles. The molecule has 1 nitrogen and oxygen atoms in total. The maximum atomic E-state index is 3.43. The second-order valence-corrected chi connectivity index (χ2v) is 6.49. The first-order chi connectivity index (χ1) is 11.7. The predicted octanol–water partition coefficient (Wildman–Crippen LogP) is 2.82. The molecular formula is C23H24LiN. The monoisotopic (exact) mass is 321 g/mol. The first-order valence-corrected chi connectivity index (χ1v) is 8.57. The fourth-order valence-corrected chi connectivity index (χ4v) is 2.85. The molecule has 122 valence electrons.